The van der Waals surface area contributed by atoms with Crippen molar-refractivity contribution in [1.82, 2.24) is 0 Å². The topological polar surface area (TPSA) is 73.9 Å². The molecule has 2 rings (SSSR count). The van der Waals surface area contributed by atoms with Crippen molar-refractivity contribution >= 4 is 17.6 Å². The summed E-state index contributed by atoms with van der Waals surface area (Å²) in [6.07, 6.45) is -0.518. The Hall–Kier alpha value is -3.16. The molecule has 0 aliphatic heterocycles. The van der Waals surface area contributed by atoms with Gasteiger partial charge < -0.3 is 19.5 Å². The minimum Gasteiger partial charge on any atom is -0.479 e. The van der Waals surface area contributed by atoms with E-state index < -0.39 is 31.2 Å². The van der Waals surface area contributed by atoms with Crippen molar-refractivity contribution in [1.29, 1.82) is 0 Å². The molecule has 0 spiro atoms. The van der Waals surface area contributed by atoms with E-state index in [1.807, 2.05) is 6.07 Å². The summed E-state index contributed by atoms with van der Waals surface area (Å²) in [5.74, 6) is -1.08. The number of carbonyl (C=O) groups excluding carboxylic acids is 2. The molecule has 2 aromatic rings. The molecule has 1 atom stereocenters. The van der Waals surface area contributed by atoms with Gasteiger partial charge in [-0.15, -0.1) is 0 Å². The summed E-state index contributed by atoms with van der Waals surface area (Å²) in [5.41, 5.74) is 0.0476. The van der Waals surface area contributed by atoms with Crippen LogP contribution >= 0.6 is 0 Å². The Labute approximate surface area is 155 Å². The monoisotopic (exact) mass is 379 g/mol. The van der Waals surface area contributed by atoms with Crippen LogP contribution in [-0.2, 0) is 14.3 Å². The third-order valence-electron chi connectivity index (χ3n) is 3.38. The first-order valence-corrected chi connectivity index (χ1v) is 8.21. The summed E-state index contributed by atoms with van der Waals surface area (Å²) < 4.78 is 39.6. The maximum absolute atomic E-state index is 12.4. The van der Waals surface area contributed by atoms with Gasteiger partial charge in [-0.1, -0.05) is 37.3 Å². The Balaban J connectivity index is 1.88. The quantitative estimate of drug-likeness (QED) is 0.674. The van der Waals surface area contributed by atoms with Gasteiger partial charge in [-0.25, -0.2) is 4.79 Å². The Morgan fingerprint density at radius 1 is 1.00 bits per heavy atom. The lowest BCUT2D eigenvalue weighted by molar-refractivity contribution is -0.154. The van der Waals surface area contributed by atoms with Crippen LogP contribution in [0, 0.1) is 0 Å². The molecule has 1 amide bonds. The zero-order valence-electron chi connectivity index (χ0n) is 14.6. The number of nitrogens with one attached hydrogen (secondary N) is 1. The molecule has 0 bridgehead atoms. The van der Waals surface area contributed by atoms with Gasteiger partial charge >= 0.3 is 12.6 Å². The molecule has 6 nitrogen and oxygen atoms in total. The fourth-order valence-electron chi connectivity index (χ4n) is 2.15. The van der Waals surface area contributed by atoms with Crippen LogP contribution in [0.3, 0.4) is 0 Å². The SMILES string of the molecule is CC[C@@H](Oc1ccccc1)C(=O)OCC(=O)Nc1ccccc1OC(F)F. The number of alkyl halides is 2. The molecule has 27 heavy (non-hydrogen) atoms. The molecule has 0 saturated heterocycles. The summed E-state index contributed by atoms with van der Waals surface area (Å²) >= 11 is 0. The average molecular weight is 379 g/mol. The first-order chi connectivity index (χ1) is 13.0. The standard InChI is InChI=1S/C19H19F2NO5/c1-2-15(26-13-8-4-3-5-9-13)18(24)25-12-17(23)22-14-10-6-7-11-16(14)27-19(20)21/h3-11,15,19H,2,12H2,1H3,(H,22,23)/t15-/m1/s1. The van der Waals surface area contributed by atoms with E-state index in [0.717, 1.165) is 0 Å². The van der Waals surface area contributed by atoms with Crippen LogP contribution in [0.5, 0.6) is 11.5 Å². The minimum atomic E-state index is -3.03. The van der Waals surface area contributed by atoms with Gasteiger partial charge in [-0.05, 0) is 30.7 Å². The van der Waals surface area contributed by atoms with Gasteiger partial charge in [0.2, 0.25) is 0 Å². The molecule has 0 aromatic heterocycles. The number of rotatable bonds is 9. The smallest absolute Gasteiger partial charge is 0.387 e. The number of benzene rings is 2. The van der Waals surface area contributed by atoms with Gasteiger partial charge in [0, 0.05) is 0 Å². The fraction of sp³-hybridized carbons (Fsp3) is 0.263. The van der Waals surface area contributed by atoms with Gasteiger partial charge in [-0.3, -0.25) is 4.79 Å². The van der Waals surface area contributed by atoms with Crippen LogP contribution in [0.25, 0.3) is 0 Å². The van der Waals surface area contributed by atoms with Crippen LogP contribution in [0.4, 0.5) is 14.5 Å². The maximum Gasteiger partial charge on any atom is 0.387 e. The molecule has 144 valence electrons. The highest BCUT2D eigenvalue weighted by Gasteiger charge is 2.21. The van der Waals surface area contributed by atoms with Gasteiger partial charge in [0.05, 0.1) is 5.69 Å². The lowest BCUT2D eigenvalue weighted by Gasteiger charge is -2.16. The van der Waals surface area contributed by atoms with E-state index in [1.165, 1.54) is 18.2 Å². The van der Waals surface area contributed by atoms with Gasteiger partial charge in [0.1, 0.15) is 11.5 Å². The number of hydrogen-bond donors (Lipinski definition) is 1. The van der Waals surface area contributed by atoms with Crippen molar-refractivity contribution in [3.63, 3.8) is 0 Å². The number of halogens is 2. The third kappa shape index (κ3) is 6.58. The van der Waals surface area contributed by atoms with E-state index in [1.54, 1.807) is 37.3 Å². The molecule has 0 fully saturated rings. The normalized spacial score (nSPS) is 11.6. The number of esters is 1. The molecular weight excluding hydrogens is 360 g/mol. The van der Waals surface area contributed by atoms with Crippen molar-refractivity contribution in [2.75, 3.05) is 11.9 Å². The second-order valence-corrected chi connectivity index (χ2v) is 5.36. The molecule has 0 aliphatic carbocycles. The first-order valence-electron chi connectivity index (χ1n) is 8.21. The number of hydrogen-bond acceptors (Lipinski definition) is 5. The zero-order valence-corrected chi connectivity index (χ0v) is 14.6. The van der Waals surface area contributed by atoms with Crippen molar-refractivity contribution in [2.45, 2.75) is 26.1 Å². The molecule has 1 N–H and O–H groups in total. The fourth-order valence-corrected chi connectivity index (χ4v) is 2.15. The van der Waals surface area contributed by atoms with Gasteiger partial charge in [0.25, 0.3) is 5.91 Å². The predicted molar refractivity (Wildman–Crippen MR) is 93.8 cm³/mol. The molecule has 0 saturated carbocycles. The summed E-state index contributed by atoms with van der Waals surface area (Å²) in [6, 6.07) is 14.4. The van der Waals surface area contributed by atoms with E-state index in [9.17, 15) is 18.4 Å². The number of ether oxygens (including phenoxy) is 3. The predicted octanol–water partition coefficient (Wildman–Crippen LogP) is 3.63. The average Bonchev–Trinajstić information content (AvgIpc) is 2.66. The van der Waals surface area contributed by atoms with E-state index >= 15 is 0 Å². The largest absolute Gasteiger partial charge is 0.479 e. The summed E-state index contributed by atoms with van der Waals surface area (Å²) in [7, 11) is 0. The highest BCUT2D eigenvalue weighted by Crippen LogP contribution is 2.25. The Bertz CT molecular complexity index is 755. The van der Waals surface area contributed by atoms with Crippen LogP contribution in [-0.4, -0.2) is 31.2 Å². The van der Waals surface area contributed by atoms with E-state index in [0.29, 0.717) is 12.2 Å². The minimum absolute atomic E-state index is 0.0476. The summed E-state index contributed by atoms with van der Waals surface area (Å²) in [4.78, 5) is 24.0. The van der Waals surface area contributed by atoms with Crippen molar-refractivity contribution in [3.8, 4) is 11.5 Å². The molecule has 0 heterocycles. The summed E-state index contributed by atoms with van der Waals surface area (Å²) in [5, 5.41) is 2.36. The van der Waals surface area contributed by atoms with E-state index in [-0.39, 0.29) is 11.4 Å². The number of amides is 1. The second-order valence-electron chi connectivity index (χ2n) is 5.36. The highest BCUT2D eigenvalue weighted by atomic mass is 19.3. The molecule has 0 radical (unpaired) electrons. The van der Waals surface area contributed by atoms with Gasteiger partial charge in [-0.2, -0.15) is 8.78 Å². The van der Waals surface area contributed by atoms with Crippen LogP contribution < -0.4 is 14.8 Å². The van der Waals surface area contributed by atoms with Crippen molar-refractivity contribution < 1.29 is 32.6 Å². The Morgan fingerprint density at radius 2 is 1.67 bits per heavy atom. The van der Waals surface area contributed by atoms with Crippen LogP contribution in [0.1, 0.15) is 13.3 Å². The summed E-state index contributed by atoms with van der Waals surface area (Å²) in [6.45, 7) is -1.87. The Kier molecular flexibility index (Phi) is 7.54. The first kappa shape index (κ1) is 20.2. The van der Waals surface area contributed by atoms with Crippen molar-refractivity contribution in [2.24, 2.45) is 0 Å². The molecular formula is C19H19F2NO5. The third-order valence-corrected chi connectivity index (χ3v) is 3.38. The lowest BCUT2D eigenvalue weighted by Crippen LogP contribution is -2.31. The maximum atomic E-state index is 12.4. The molecule has 0 unspecified atom stereocenters. The zero-order chi connectivity index (χ0) is 19.6. The number of carbonyl (C=O) groups is 2. The van der Waals surface area contributed by atoms with E-state index in [4.69, 9.17) is 9.47 Å². The van der Waals surface area contributed by atoms with Crippen LogP contribution in [0.15, 0.2) is 54.6 Å². The van der Waals surface area contributed by atoms with Crippen molar-refractivity contribution in [3.05, 3.63) is 54.6 Å². The lowest BCUT2D eigenvalue weighted by atomic mass is 10.2. The molecule has 2 aromatic carbocycles. The second kappa shape index (κ2) is 10.1. The van der Waals surface area contributed by atoms with Crippen LogP contribution in [0.2, 0.25) is 0 Å². The van der Waals surface area contributed by atoms with Gasteiger partial charge in [0.15, 0.2) is 12.7 Å². The molecule has 8 heteroatoms. The Morgan fingerprint density at radius 3 is 2.33 bits per heavy atom. The van der Waals surface area contributed by atoms with E-state index in [2.05, 4.69) is 10.1 Å². The molecule has 0 aliphatic rings. The number of para-hydroxylation sites is 3. The highest BCUT2D eigenvalue weighted by molar-refractivity contribution is 5.94. The number of anilines is 1.